The summed E-state index contributed by atoms with van der Waals surface area (Å²) < 4.78 is 5.14. The summed E-state index contributed by atoms with van der Waals surface area (Å²) in [6.45, 7) is 3.56. The third-order valence-electron chi connectivity index (χ3n) is 1.83. The van der Waals surface area contributed by atoms with Crippen molar-refractivity contribution >= 4 is 5.78 Å². The molecule has 3 atom stereocenters. The van der Waals surface area contributed by atoms with Gasteiger partial charge in [-0.25, -0.2) is 0 Å². The average Bonchev–Trinajstić information content (AvgIpc) is 2.17. The maximum absolute atomic E-state index is 10.9. The highest BCUT2D eigenvalue weighted by Crippen LogP contribution is 2.18. The van der Waals surface area contributed by atoms with E-state index in [0.717, 1.165) is 0 Å². The molecule has 3 heteroatoms. The number of rotatable bonds is 1. The standard InChI is InChI=1S/C7H12O3/c1-3-5-7(9)6(8)4(2)10-5/h4-5,7,9H,3H2,1-2H3. The number of Topliss-reactive ketones (excluding diaryl/α,β-unsaturated/α-hetero) is 1. The van der Waals surface area contributed by atoms with Gasteiger partial charge in [0.25, 0.3) is 0 Å². The summed E-state index contributed by atoms with van der Waals surface area (Å²) >= 11 is 0. The molecule has 10 heavy (non-hydrogen) atoms. The zero-order valence-corrected chi connectivity index (χ0v) is 6.20. The molecule has 1 aliphatic heterocycles. The molecule has 0 spiro atoms. The normalized spacial score (nSPS) is 40.7. The van der Waals surface area contributed by atoms with E-state index in [0.29, 0.717) is 6.42 Å². The molecule has 1 aliphatic rings. The van der Waals surface area contributed by atoms with Crippen LogP contribution in [-0.2, 0) is 9.53 Å². The number of carbonyl (C=O) groups excluding carboxylic acids is 1. The fourth-order valence-corrected chi connectivity index (χ4v) is 1.15. The lowest BCUT2D eigenvalue weighted by atomic mass is 10.1. The van der Waals surface area contributed by atoms with Crippen LogP contribution in [0.15, 0.2) is 0 Å². The number of hydrogen-bond acceptors (Lipinski definition) is 3. The summed E-state index contributed by atoms with van der Waals surface area (Å²) in [6.07, 6.45) is -0.889. The van der Waals surface area contributed by atoms with Crippen LogP contribution in [0.1, 0.15) is 20.3 Å². The summed E-state index contributed by atoms with van der Waals surface area (Å²) in [5, 5.41) is 9.15. The van der Waals surface area contributed by atoms with Crippen LogP contribution in [0.5, 0.6) is 0 Å². The minimum absolute atomic E-state index is 0.188. The lowest BCUT2D eigenvalue weighted by Crippen LogP contribution is -2.26. The first-order valence-electron chi connectivity index (χ1n) is 3.54. The molecule has 0 aromatic carbocycles. The highest BCUT2D eigenvalue weighted by atomic mass is 16.5. The third-order valence-corrected chi connectivity index (χ3v) is 1.83. The molecule has 3 unspecified atom stereocenters. The van der Waals surface area contributed by atoms with Crippen LogP contribution in [0.3, 0.4) is 0 Å². The number of aliphatic hydroxyl groups excluding tert-OH is 1. The summed E-state index contributed by atoms with van der Waals surface area (Å²) in [7, 11) is 0. The lowest BCUT2D eigenvalue weighted by molar-refractivity contribution is -0.126. The van der Waals surface area contributed by atoms with E-state index in [-0.39, 0.29) is 11.9 Å². The van der Waals surface area contributed by atoms with Crippen molar-refractivity contribution in [1.29, 1.82) is 0 Å². The number of carbonyl (C=O) groups is 1. The van der Waals surface area contributed by atoms with Crippen molar-refractivity contribution in [3.8, 4) is 0 Å². The number of ether oxygens (including phenoxy) is 1. The van der Waals surface area contributed by atoms with Crippen molar-refractivity contribution in [2.45, 2.75) is 38.6 Å². The van der Waals surface area contributed by atoms with E-state index in [1.54, 1.807) is 6.92 Å². The van der Waals surface area contributed by atoms with Gasteiger partial charge in [0.15, 0.2) is 5.78 Å². The van der Waals surface area contributed by atoms with Crippen molar-refractivity contribution < 1.29 is 14.6 Å². The predicted octanol–water partition coefficient (Wildman–Crippen LogP) is 0.114. The van der Waals surface area contributed by atoms with Crippen molar-refractivity contribution in [3.05, 3.63) is 0 Å². The van der Waals surface area contributed by atoms with Gasteiger partial charge in [-0.05, 0) is 13.3 Å². The van der Waals surface area contributed by atoms with E-state index >= 15 is 0 Å². The van der Waals surface area contributed by atoms with Crippen LogP contribution in [0.2, 0.25) is 0 Å². The molecule has 0 saturated carbocycles. The molecule has 0 aromatic heterocycles. The molecule has 1 fully saturated rings. The molecule has 0 aliphatic carbocycles. The Morgan fingerprint density at radius 1 is 1.70 bits per heavy atom. The van der Waals surface area contributed by atoms with E-state index in [9.17, 15) is 4.79 Å². The van der Waals surface area contributed by atoms with E-state index < -0.39 is 12.2 Å². The molecular formula is C7H12O3. The van der Waals surface area contributed by atoms with Gasteiger partial charge in [-0.3, -0.25) is 4.79 Å². The Bertz CT molecular complexity index is 144. The summed E-state index contributed by atoms with van der Waals surface area (Å²) in [5.74, 6) is -0.188. The smallest absolute Gasteiger partial charge is 0.192 e. The maximum atomic E-state index is 10.9. The largest absolute Gasteiger partial charge is 0.382 e. The van der Waals surface area contributed by atoms with Gasteiger partial charge in [-0.2, -0.15) is 0 Å². The average molecular weight is 144 g/mol. The van der Waals surface area contributed by atoms with Crippen LogP contribution >= 0.6 is 0 Å². The Hall–Kier alpha value is -0.410. The van der Waals surface area contributed by atoms with Gasteiger partial charge in [-0.1, -0.05) is 6.92 Å². The monoisotopic (exact) mass is 144 g/mol. The summed E-state index contributed by atoms with van der Waals surface area (Å²) in [6, 6.07) is 0. The molecule has 1 heterocycles. The number of aliphatic hydroxyl groups is 1. The molecule has 3 nitrogen and oxygen atoms in total. The van der Waals surface area contributed by atoms with E-state index in [4.69, 9.17) is 9.84 Å². The Morgan fingerprint density at radius 3 is 2.50 bits per heavy atom. The molecule has 1 saturated heterocycles. The van der Waals surface area contributed by atoms with Crippen molar-refractivity contribution in [3.63, 3.8) is 0 Å². The molecule has 1 N–H and O–H groups in total. The van der Waals surface area contributed by atoms with Crippen molar-refractivity contribution in [2.75, 3.05) is 0 Å². The topological polar surface area (TPSA) is 46.5 Å². The van der Waals surface area contributed by atoms with Crippen molar-refractivity contribution in [2.24, 2.45) is 0 Å². The molecule has 0 amide bonds. The Balaban J connectivity index is 2.61. The highest BCUT2D eigenvalue weighted by molar-refractivity contribution is 5.89. The van der Waals surface area contributed by atoms with Crippen LogP contribution < -0.4 is 0 Å². The molecule has 0 radical (unpaired) electrons. The van der Waals surface area contributed by atoms with E-state index in [1.807, 2.05) is 6.92 Å². The zero-order chi connectivity index (χ0) is 7.72. The minimum Gasteiger partial charge on any atom is -0.382 e. The molecule has 0 bridgehead atoms. The maximum Gasteiger partial charge on any atom is 0.192 e. The highest BCUT2D eigenvalue weighted by Gasteiger charge is 2.38. The summed E-state index contributed by atoms with van der Waals surface area (Å²) in [4.78, 5) is 10.9. The van der Waals surface area contributed by atoms with Crippen LogP contribution in [0.25, 0.3) is 0 Å². The molecule has 1 rings (SSSR count). The number of ketones is 1. The van der Waals surface area contributed by atoms with Gasteiger partial charge in [0.1, 0.15) is 12.2 Å². The van der Waals surface area contributed by atoms with Crippen LogP contribution in [0.4, 0.5) is 0 Å². The van der Waals surface area contributed by atoms with Crippen molar-refractivity contribution in [1.82, 2.24) is 0 Å². The fourth-order valence-electron chi connectivity index (χ4n) is 1.15. The Morgan fingerprint density at radius 2 is 2.30 bits per heavy atom. The van der Waals surface area contributed by atoms with Gasteiger partial charge in [-0.15, -0.1) is 0 Å². The first-order chi connectivity index (χ1) is 4.66. The molecular weight excluding hydrogens is 132 g/mol. The minimum atomic E-state index is -0.889. The van der Waals surface area contributed by atoms with E-state index in [2.05, 4.69) is 0 Å². The second kappa shape index (κ2) is 2.68. The van der Waals surface area contributed by atoms with Gasteiger partial charge in [0.2, 0.25) is 0 Å². The Kier molecular flexibility index (Phi) is 2.06. The van der Waals surface area contributed by atoms with Crippen LogP contribution in [-0.4, -0.2) is 29.2 Å². The van der Waals surface area contributed by atoms with Gasteiger partial charge in [0.05, 0.1) is 6.10 Å². The zero-order valence-electron chi connectivity index (χ0n) is 6.20. The second-order valence-corrected chi connectivity index (χ2v) is 2.57. The number of hydrogen-bond donors (Lipinski definition) is 1. The molecule has 58 valence electrons. The lowest BCUT2D eigenvalue weighted by Gasteiger charge is -2.07. The van der Waals surface area contributed by atoms with Gasteiger partial charge >= 0.3 is 0 Å². The predicted molar refractivity (Wildman–Crippen MR) is 35.6 cm³/mol. The van der Waals surface area contributed by atoms with Gasteiger partial charge in [0, 0.05) is 0 Å². The SMILES string of the molecule is CCC1OC(C)C(=O)C1O. The molecule has 0 aromatic rings. The first kappa shape index (κ1) is 7.69. The van der Waals surface area contributed by atoms with E-state index in [1.165, 1.54) is 0 Å². The summed E-state index contributed by atoms with van der Waals surface area (Å²) in [5.41, 5.74) is 0. The van der Waals surface area contributed by atoms with Crippen LogP contribution in [0, 0.1) is 0 Å². The first-order valence-corrected chi connectivity index (χ1v) is 3.54. The quantitative estimate of drug-likeness (QED) is 0.568. The third kappa shape index (κ3) is 1.07. The second-order valence-electron chi connectivity index (χ2n) is 2.57. The fraction of sp³-hybridized carbons (Fsp3) is 0.857. The van der Waals surface area contributed by atoms with Gasteiger partial charge < -0.3 is 9.84 Å². The Labute approximate surface area is 60.0 Å².